The fourth-order valence-corrected chi connectivity index (χ4v) is 7.58. The highest BCUT2D eigenvalue weighted by Gasteiger charge is 2.46. The van der Waals surface area contributed by atoms with Gasteiger partial charge in [-0.15, -0.1) is 11.6 Å². The van der Waals surface area contributed by atoms with Crippen molar-refractivity contribution >= 4 is 40.7 Å². The van der Waals surface area contributed by atoms with Gasteiger partial charge in [0, 0.05) is 54.6 Å². The van der Waals surface area contributed by atoms with Gasteiger partial charge >= 0.3 is 5.97 Å². The number of aliphatic carboxylic acids is 1. The molecule has 3 N–H and O–H groups in total. The van der Waals surface area contributed by atoms with Crippen molar-refractivity contribution < 1.29 is 33.7 Å². The van der Waals surface area contributed by atoms with Crippen LogP contribution in [-0.4, -0.2) is 99.4 Å². The normalized spacial score (nSPS) is 23.2. The largest absolute Gasteiger partial charge is 0.496 e. The number of amides is 1. The van der Waals surface area contributed by atoms with Gasteiger partial charge in [-0.05, 0) is 42.7 Å². The molecule has 14 heteroatoms. The molecule has 1 aromatic carbocycles. The number of carboxylic acid groups (broad SMARTS) is 1. The maximum absolute atomic E-state index is 14.1. The zero-order valence-electron chi connectivity index (χ0n) is 27.6. The second kappa shape index (κ2) is 14.7. The third-order valence-electron chi connectivity index (χ3n) is 9.47. The number of nitrogens with zero attached hydrogens (tertiary/aromatic N) is 4. The molecule has 2 saturated heterocycles. The number of allylic oxidation sites excluding steroid dienone is 2. The molecule has 2 aromatic heterocycles. The predicted molar refractivity (Wildman–Crippen MR) is 186 cm³/mol. The monoisotopic (exact) mass is 725 g/mol. The Balaban J connectivity index is 1.34. The molecule has 0 saturated carbocycles. The Morgan fingerprint density at radius 2 is 1.90 bits per heavy atom. The van der Waals surface area contributed by atoms with E-state index in [9.17, 15) is 24.2 Å². The standard InChI is InChI=1S/C36H38Cl2FN5O6/c1-49-29-15-27(40-16-23(29)18-44-14-6-10-28(44)34(46)47)32(45)42-36(13-5-8-25(31(36)38)24-7-3-4-9-26(24)37)30-12-11-22(33(41-30)50-2)17-43-20-35(48,19-39)21-43/h3-5,7-9,11-13,15-16,28,31,48H,6,10,14,17-21H2,1-2H3,(H,42,45)(H,46,47)/t28-,31?,36?/m0/s1. The quantitative estimate of drug-likeness (QED) is 0.227. The van der Waals surface area contributed by atoms with Crippen LogP contribution in [-0.2, 0) is 23.4 Å². The number of aromatic nitrogens is 2. The first-order valence-electron chi connectivity index (χ1n) is 16.2. The highest BCUT2D eigenvalue weighted by atomic mass is 35.5. The number of aliphatic hydroxyl groups is 1. The van der Waals surface area contributed by atoms with Crippen LogP contribution in [0.15, 0.2) is 66.9 Å². The van der Waals surface area contributed by atoms with Crippen LogP contribution >= 0.6 is 23.2 Å². The summed E-state index contributed by atoms with van der Waals surface area (Å²) in [6, 6.07) is 11.8. The lowest BCUT2D eigenvalue weighted by atomic mass is 9.80. The van der Waals surface area contributed by atoms with Gasteiger partial charge in [-0.1, -0.05) is 54.1 Å². The number of ether oxygens (including phenoxy) is 2. The van der Waals surface area contributed by atoms with Gasteiger partial charge < -0.3 is 25.0 Å². The lowest BCUT2D eigenvalue weighted by molar-refractivity contribution is -0.142. The molecule has 50 heavy (non-hydrogen) atoms. The molecule has 2 unspecified atom stereocenters. The number of carbonyl (C=O) groups excluding carboxylic acids is 1. The van der Waals surface area contributed by atoms with E-state index < -0.39 is 41.1 Å². The molecule has 6 rings (SSSR count). The van der Waals surface area contributed by atoms with Crippen LogP contribution < -0.4 is 14.8 Å². The first-order chi connectivity index (χ1) is 24.0. The molecule has 11 nitrogen and oxygen atoms in total. The van der Waals surface area contributed by atoms with Crippen LogP contribution in [0.4, 0.5) is 4.39 Å². The molecule has 3 atom stereocenters. The average molecular weight is 727 g/mol. The van der Waals surface area contributed by atoms with Crippen molar-refractivity contribution in [1.29, 1.82) is 0 Å². The minimum atomic E-state index is -1.42. The number of carboxylic acids is 1. The number of hydrogen-bond acceptors (Lipinski definition) is 9. The van der Waals surface area contributed by atoms with E-state index in [2.05, 4.69) is 10.3 Å². The number of hydrogen-bond donors (Lipinski definition) is 3. The molecule has 0 radical (unpaired) electrons. The molecule has 0 spiro atoms. The second-order valence-electron chi connectivity index (χ2n) is 12.9. The van der Waals surface area contributed by atoms with Crippen molar-refractivity contribution in [2.75, 3.05) is 40.5 Å². The van der Waals surface area contributed by atoms with Gasteiger partial charge in [-0.3, -0.25) is 24.4 Å². The van der Waals surface area contributed by atoms with Crippen LogP contribution in [0.25, 0.3) is 5.57 Å². The maximum Gasteiger partial charge on any atom is 0.320 e. The Bertz CT molecular complexity index is 1840. The topological polar surface area (TPSA) is 137 Å². The highest BCUT2D eigenvalue weighted by Crippen LogP contribution is 2.43. The average Bonchev–Trinajstić information content (AvgIpc) is 3.57. The van der Waals surface area contributed by atoms with Crippen molar-refractivity contribution in [1.82, 2.24) is 25.1 Å². The minimum absolute atomic E-state index is 0.0500. The zero-order valence-corrected chi connectivity index (χ0v) is 29.1. The molecule has 1 amide bonds. The highest BCUT2D eigenvalue weighted by molar-refractivity contribution is 6.34. The fraction of sp³-hybridized carbons (Fsp3) is 0.389. The van der Waals surface area contributed by atoms with Crippen LogP contribution in [0.3, 0.4) is 0 Å². The van der Waals surface area contributed by atoms with E-state index in [1.807, 2.05) is 40.1 Å². The SMILES string of the molecule is COc1cc(C(=O)NC2(c3ccc(CN4CC(O)(CF)C4)c(OC)n3)C=CC=C(c3ccccc3Cl)C2Cl)ncc1CN1CCC[C@H]1C(=O)O. The smallest absolute Gasteiger partial charge is 0.320 e. The van der Waals surface area contributed by atoms with E-state index in [1.54, 1.807) is 24.3 Å². The van der Waals surface area contributed by atoms with E-state index in [0.717, 1.165) is 6.42 Å². The van der Waals surface area contributed by atoms with Crippen molar-refractivity contribution in [2.45, 2.75) is 48.5 Å². The molecular formula is C36H38Cl2FN5O6. The Hall–Kier alpha value is -4.07. The number of methoxy groups -OCH3 is 2. The van der Waals surface area contributed by atoms with Crippen LogP contribution in [0.5, 0.6) is 11.6 Å². The van der Waals surface area contributed by atoms with Crippen molar-refractivity contribution in [3.05, 3.63) is 100.0 Å². The Morgan fingerprint density at radius 3 is 2.60 bits per heavy atom. The number of rotatable bonds is 12. The Morgan fingerprint density at radius 1 is 1.12 bits per heavy atom. The summed E-state index contributed by atoms with van der Waals surface area (Å²) in [5.74, 6) is -0.766. The molecule has 1 aliphatic carbocycles. The number of pyridine rings is 2. The zero-order chi connectivity index (χ0) is 35.6. The van der Waals surface area contributed by atoms with Crippen LogP contribution in [0.2, 0.25) is 5.02 Å². The number of halogens is 3. The second-order valence-corrected chi connectivity index (χ2v) is 13.7. The number of benzene rings is 1. The lowest BCUT2D eigenvalue weighted by Gasteiger charge is -2.45. The third kappa shape index (κ3) is 6.95. The van der Waals surface area contributed by atoms with Crippen molar-refractivity contribution in [3.63, 3.8) is 0 Å². The summed E-state index contributed by atoms with van der Waals surface area (Å²) in [4.78, 5) is 38.9. The number of nitrogens with one attached hydrogen (secondary N) is 1. The van der Waals surface area contributed by atoms with Gasteiger partial charge in [-0.2, -0.15) is 0 Å². The summed E-state index contributed by atoms with van der Waals surface area (Å²) in [5, 5.41) is 22.5. The van der Waals surface area contributed by atoms with Gasteiger partial charge in [0.1, 0.15) is 35.3 Å². The van der Waals surface area contributed by atoms with E-state index >= 15 is 0 Å². The van der Waals surface area contributed by atoms with Gasteiger partial charge in [0.05, 0.1) is 25.3 Å². The molecule has 2 fully saturated rings. The van der Waals surface area contributed by atoms with Crippen LogP contribution in [0, 0.1) is 0 Å². The molecule has 2 aliphatic heterocycles. The summed E-state index contributed by atoms with van der Waals surface area (Å²) in [7, 11) is 2.97. The summed E-state index contributed by atoms with van der Waals surface area (Å²) in [5.41, 5.74) is 0.348. The first kappa shape index (κ1) is 35.7. The number of carbonyl (C=O) groups is 2. The van der Waals surface area contributed by atoms with Gasteiger partial charge in [0.2, 0.25) is 5.88 Å². The van der Waals surface area contributed by atoms with E-state index in [-0.39, 0.29) is 24.7 Å². The molecular weight excluding hydrogens is 688 g/mol. The fourth-order valence-electron chi connectivity index (χ4n) is 6.91. The van der Waals surface area contributed by atoms with Crippen LogP contribution in [0.1, 0.15) is 45.7 Å². The summed E-state index contributed by atoms with van der Waals surface area (Å²) < 4.78 is 24.5. The lowest BCUT2D eigenvalue weighted by Crippen LogP contribution is -2.62. The molecule has 0 bridgehead atoms. The maximum atomic E-state index is 14.1. The summed E-state index contributed by atoms with van der Waals surface area (Å²) >= 11 is 14.0. The number of alkyl halides is 2. The third-order valence-corrected chi connectivity index (χ3v) is 10.4. The molecule has 3 aliphatic rings. The minimum Gasteiger partial charge on any atom is -0.496 e. The number of β-amino-alcohol motifs (C(OH)–C–C–N with tert-alkyl or cyclic N) is 1. The summed E-state index contributed by atoms with van der Waals surface area (Å²) in [6.07, 6.45) is 8.23. The van der Waals surface area contributed by atoms with Crippen molar-refractivity contribution in [2.24, 2.45) is 0 Å². The van der Waals surface area contributed by atoms with E-state index in [0.29, 0.717) is 64.8 Å². The van der Waals surface area contributed by atoms with Crippen molar-refractivity contribution in [3.8, 4) is 11.6 Å². The van der Waals surface area contributed by atoms with Gasteiger partial charge in [0.15, 0.2) is 0 Å². The summed E-state index contributed by atoms with van der Waals surface area (Å²) in [6.45, 7) is 0.836. The predicted octanol–water partition coefficient (Wildman–Crippen LogP) is 4.60. The van der Waals surface area contributed by atoms with Gasteiger partial charge in [-0.25, -0.2) is 9.37 Å². The van der Waals surface area contributed by atoms with E-state index in [4.69, 9.17) is 37.7 Å². The Labute approximate surface area is 299 Å². The Kier molecular flexibility index (Phi) is 10.5. The number of likely N-dealkylation sites (tertiary alicyclic amines) is 2. The molecule has 3 aromatic rings. The van der Waals surface area contributed by atoms with E-state index in [1.165, 1.54) is 26.5 Å². The van der Waals surface area contributed by atoms with Gasteiger partial charge in [0.25, 0.3) is 5.91 Å². The molecule has 4 heterocycles. The first-order valence-corrected chi connectivity index (χ1v) is 17.0. The molecule has 264 valence electrons.